The van der Waals surface area contributed by atoms with Gasteiger partial charge in [-0.25, -0.2) is 8.78 Å². The van der Waals surface area contributed by atoms with E-state index in [0.29, 0.717) is 5.56 Å². The van der Waals surface area contributed by atoms with Gasteiger partial charge in [0.05, 0.1) is 11.5 Å². The van der Waals surface area contributed by atoms with Crippen LogP contribution in [0.4, 0.5) is 8.78 Å². The van der Waals surface area contributed by atoms with Crippen molar-refractivity contribution in [2.45, 2.75) is 31.2 Å². The summed E-state index contributed by atoms with van der Waals surface area (Å²) < 4.78 is 28.1. The lowest BCUT2D eigenvalue weighted by atomic mass is 9.74. The maximum Gasteiger partial charge on any atom is 0.270 e. The van der Waals surface area contributed by atoms with E-state index in [4.69, 9.17) is 5.41 Å². The van der Waals surface area contributed by atoms with E-state index in [-0.39, 0.29) is 17.4 Å². The number of nitrogens with one attached hydrogen (secondary N) is 2. The Morgan fingerprint density at radius 3 is 2.46 bits per heavy atom. The van der Waals surface area contributed by atoms with E-state index in [2.05, 4.69) is 5.32 Å². The smallest absolute Gasteiger partial charge is 0.270 e. The van der Waals surface area contributed by atoms with Crippen molar-refractivity contribution in [3.05, 3.63) is 52.4 Å². The molecule has 2 aromatic rings. The predicted octanol–water partition coefficient (Wildman–Crippen LogP) is 2.11. The molecule has 0 radical (unpaired) electrons. The largest absolute Gasteiger partial charge is 0.346 e. The molecule has 1 aromatic carbocycles. The number of rotatable bonds is 3. The third-order valence-corrected chi connectivity index (χ3v) is 5.81. The fourth-order valence-electron chi connectivity index (χ4n) is 3.35. The summed E-state index contributed by atoms with van der Waals surface area (Å²) in [6.45, 7) is 2.73. The van der Waals surface area contributed by atoms with Crippen LogP contribution < -0.4 is 10.1 Å². The maximum atomic E-state index is 13.5. The minimum Gasteiger partial charge on any atom is -0.346 e. The maximum absolute atomic E-state index is 13.5. The van der Waals surface area contributed by atoms with Gasteiger partial charge in [0.25, 0.3) is 5.92 Å². The minimum absolute atomic E-state index is 0.0225. The van der Waals surface area contributed by atoms with Crippen molar-refractivity contribution in [1.82, 2.24) is 10.2 Å². The Bertz CT molecular complexity index is 862. The van der Waals surface area contributed by atoms with Crippen molar-refractivity contribution in [2.24, 2.45) is 0 Å². The molecule has 3 rings (SSSR count). The van der Waals surface area contributed by atoms with E-state index in [0.717, 1.165) is 17.3 Å². The minimum atomic E-state index is -2.93. The number of guanidine groups is 1. The van der Waals surface area contributed by atoms with Crippen molar-refractivity contribution in [3.63, 3.8) is 0 Å². The molecule has 2 atom stereocenters. The molecule has 0 bridgehead atoms. The molecule has 1 fully saturated rings. The lowest BCUT2D eigenvalue weighted by Gasteiger charge is -2.45. The molecule has 2 heterocycles. The number of hydrogen-bond donors (Lipinski definition) is 2. The first-order valence-electron chi connectivity index (χ1n) is 8.22. The summed E-state index contributed by atoms with van der Waals surface area (Å²) in [7, 11) is 3.52. The number of halogens is 2. The highest BCUT2D eigenvalue weighted by Crippen LogP contribution is 2.41. The van der Waals surface area contributed by atoms with E-state index >= 15 is 0 Å². The number of carbonyl (C=O) groups is 1. The Labute approximate surface area is 156 Å². The highest BCUT2D eigenvalue weighted by Gasteiger charge is 2.48. The molecular weight excluding hydrogens is 355 g/mol. The van der Waals surface area contributed by atoms with Crippen molar-refractivity contribution >= 4 is 35.8 Å². The van der Waals surface area contributed by atoms with Crippen molar-refractivity contribution < 1.29 is 13.6 Å². The molecule has 8 heteroatoms. The quantitative estimate of drug-likeness (QED) is 0.808. The van der Waals surface area contributed by atoms with Gasteiger partial charge in [-0.1, -0.05) is 30.3 Å². The van der Waals surface area contributed by atoms with Gasteiger partial charge in [-0.05, 0) is 28.2 Å². The van der Waals surface area contributed by atoms with Gasteiger partial charge in [0, 0.05) is 19.5 Å². The van der Waals surface area contributed by atoms with Gasteiger partial charge >= 0.3 is 0 Å². The fourth-order valence-corrected chi connectivity index (χ4v) is 4.17. The topological polar surface area (TPSA) is 56.2 Å². The van der Waals surface area contributed by atoms with Gasteiger partial charge < -0.3 is 5.32 Å². The van der Waals surface area contributed by atoms with Crippen LogP contribution in [0.15, 0.2) is 35.7 Å². The van der Waals surface area contributed by atoms with Crippen molar-refractivity contribution in [2.75, 3.05) is 7.05 Å². The number of benzene rings is 1. The van der Waals surface area contributed by atoms with Gasteiger partial charge in [0.1, 0.15) is 0 Å². The summed E-state index contributed by atoms with van der Waals surface area (Å²) in [4.78, 5) is 14.3. The summed E-state index contributed by atoms with van der Waals surface area (Å²) in [5.41, 5.74) is 0.621. The Hall–Kier alpha value is -2.22. The monoisotopic (exact) mass is 375 g/mol. The van der Waals surface area contributed by atoms with Crippen molar-refractivity contribution in [1.29, 1.82) is 5.41 Å². The first-order chi connectivity index (χ1) is 12.0. The number of amides is 1. The molecule has 1 aliphatic rings. The molecule has 0 unspecified atom stereocenters. The number of hydrogen-bond acceptors (Lipinski definition) is 3. The SMILES string of the molecule is Bc1cc([C@@]2(C)NC(=N)N(C)C(=O)[C@H]2c2ccc(C(C)(F)F)cc2)cs1. The van der Waals surface area contributed by atoms with E-state index in [1.54, 1.807) is 23.5 Å². The first kappa shape index (κ1) is 18.6. The van der Waals surface area contributed by atoms with Crippen LogP contribution in [0.2, 0.25) is 0 Å². The lowest BCUT2D eigenvalue weighted by molar-refractivity contribution is -0.131. The Morgan fingerprint density at radius 1 is 1.35 bits per heavy atom. The lowest BCUT2D eigenvalue weighted by Crippen LogP contribution is -2.62. The highest BCUT2D eigenvalue weighted by molar-refractivity contribution is 7.18. The van der Waals surface area contributed by atoms with Crippen LogP contribution in [-0.2, 0) is 16.3 Å². The molecule has 4 nitrogen and oxygen atoms in total. The molecule has 0 aliphatic carbocycles. The van der Waals surface area contributed by atoms with E-state index in [1.807, 2.05) is 26.2 Å². The Balaban J connectivity index is 2.10. The summed E-state index contributed by atoms with van der Waals surface area (Å²) in [5, 5.41) is 13.2. The predicted molar refractivity (Wildman–Crippen MR) is 102 cm³/mol. The third-order valence-electron chi connectivity index (χ3n) is 4.95. The Morgan fingerprint density at radius 2 is 1.96 bits per heavy atom. The number of nitrogens with zero attached hydrogens (tertiary/aromatic N) is 1. The average molecular weight is 375 g/mol. The molecule has 2 N–H and O–H groups in total. The molecule has 1 amide bonds. The fraction of sp³-hybridized carbons (Fsp3) is 0.333. The molecule has 1 aliphatic heterocycles. The standard InChI is InChI=1S/C18H20BF2N3OS/c1-17(12-8-13(19)26-9-12)14(15(25)24(3)16(22)23-17)10-4-6-11(7-5-10)18(2,20)21/h4-9,14H,19H2,1-3H3,(H2,22,23)/t14-,17-/m1/s1. The van der Waals surface area contributed by atoms with E-state index in [1.165, 1.54) is 24.1 Å². The van der Waals surface area contributed by atoms with Crippen LogP contribution in [-0.4, -0.2) is 31.7 Å². The molecule has 1 saturated heterocycles. The molecular formula is C18H20BF2N3OS. The van der Waals surface area contributed by atoms with Crippen LogP contribution in [0.1, 0.15) is 36.5 Å². The number of thiophene rings is 1. The van der Waals surface area contributed by atoms with Gasteiger partial charge in [0.15, 0.2) is 13.8 Å². The summed E-state index contributed by atoms with van der Waals surface area (Å²) >= 11 is 1.57. The van der Waals surface area contributed by atoms with Gasteiger partial charge in [0.2, 0.25) is 5.91 Å². The molecule has 26 heavy (non-hydrogen) atoms. The van der Waals surface area contributed by atoms with E-state index < -0.39 is 17.4 Å². The number of carbonyl (C=O) groups excluding carboxylic acids is 1. The van der Waals surface area contributed by atoms with Crippen LogP contribution >= 0.6 is 11.3 Å². The second kappa shape index (κ2) is 6.19. The van der Waals surface area contributed by atoms with E-state index in [9.17, 15) is 13.6 Å². The zero-order valence-electron chi connectivity index (χ0n) is 15.1. The molecule has 1 aromatic heterocycles. The highest BCUT2D eigenvalue weighted by atomic mass is 32.1. The summed E-state index contributed by atoms with van der Waals surface area (Å²) in [6, 6.07) is 7.88. The zero-order valence-corrected chi connectivity index (χ0v) is 15.9. The normalized spacial score (nSPS) is 23.9. The van der Waals surface area contributed by atoms with Gasteiger partial charge in [-0.2, -0.15) is 11.3 Å². The van der Waals surface area contributed by atoms with Crippen LogP contribution in [0.5, 0.6) is 0 Å². The Kier molecular flexibility index (Phi) is 4.42. The van der Waals surface area contributed by atoms with Crippen LogP contribution in [0.3, 0.4) is 0 Å². The molecule has 136 valence electrons. The van der Waals surface area contributed by atoms with Crippen molar-refractivity contribution in [3.8, 4) is 0 Å². The van der Waals surface area contributed by atoms with Gasteiger partial charge in [-0.15, -0.1) is 0 Å². The number of alkyl halides is 2. The molecule has 0 spiro atoms. The van der Waals surface area contributed by atoms with Gasteiger partial charge in [-0.3, -0.25) is 15.1 Å². The average Bonchev–Trinajstić information content (AvgIpc) is 3.00. The first-order valence-corrected chi connectivity index (χ1v) is 9.10. The van der Waals surface area contributed by atoms with Crippen LogP contribution in [0, 0.1) is 5.41 Å². The second-order valence-corrected chi connectivity index (χ2v) is 8.08. The zero-order chi connectivity index (χ0) is 19.3. The summed E-state index contributed by atoms with van der Waals surface area (Å²) in [6.07, 6.45) is 0. The third kappa shape index (κ3) is 3.02. The number of likely N-dealkylation sites (N-methyl/N-ethyl adjacent to an activating group) is 1. The van der Waals surface area contributed by atoms with Crippen LogP contribution in [0.25, 0.3) is 0 Å². The molecule has 0 saturated carbocycles. The second-order valence-electron chi connectivity index (χ2n) is 6.96. The summed E-state index contributed by atoms with van der Waals surface area (Å²) in [5.74, 6) is -3.78.